The van der Waals surface area contributed by atoms with Crippen LogP contribution in [0.2, 0.25) is 0 Å². The van der Waals surface area contributed by atoms with Crippen LogP contribution in [-0.4, -0.2) is 42.4 Å². The first-order valence-electron chi connectivity index (χ1n) is 6.94. The van der Waals surface area contributed by atoms with Crippen molar-refractivity contribution in [2.45, 2.75) is 37.8 Å². The molecule has 2 rings (SSSR count). The van der Waals surface area contributed by atoms with E-state index in [1.807, 2.05) is 6.20 Å². The summed E-state index contributed by atoms with van der Waals surface area (Å²) in [5.74, 6) is 0. The lowest BCUT2D eigenvalue weighted by Crippen LogP contribution is -2.49. The second-order valence-corrected chi connectivity index (χ2v) is 4.90. The Morgan fingerprint density at radius 2 is 2.21 bits per heavy atom. The first-order chi connectivity index (χ1) is 9.32. The van der Waals surface area contributed by atoms with Gasteiger partial charge in [-0.05, 0) is 13.0 Å². The monoisotopic (exact) mass is 265 g/mol. The Morgan fingerprint density at radius 3 is 2.79 bits per heavy atom. The maximum Gasteiger partial charge on any atom is 0.0932 e. The van der Waals surface area contributed by atoms with Gasteiger partial charge in [0.05, 0.1) is 23.5 Å². The highest BCUT2D eigenvalue weighted by molar-refractivity contribution is 5.11. The summed E-state index contributed by atoms with van der Waals surface area (Å²) in [4.78, 5) is 8.64. The smallest absolute Gasteiger partial charge is 0.0932 e. The second kappa shape index (κ2) is 6.93. The lowest BCUT2D eigenvalue weighted by Gasteiger charge is -2.42. The fraction of sp³-hybridized carbons (Fsp3) is 0.714. The molecule has 0 aromatic carbocycles. The molecule has 106 valence electrons. The standard InChI is InChI=1S/C14H23N3O2/c1-3-6-17-13(12-11-15-7-8-16-12)14(18-2)4-9-19-10-5-14/h7-8,11,13,17H,3-6,9-10H2,1-2H3. The van der Waals surface area contributed by atoms with E-state index in [1.54, 1.807) is 19.5 Å². The molecule has 1 N–H and O–H groups in total. The van der Waals surface area contributed by atoms with Crippen molar-refractivity contribution in [2.75, 3.05) is 26.9 Å². The number of aromatic nitrogens is 2. The summed E-state index contributed by atoms with van der Waals surface area (Å²) in [6, 6.07) is 0.0649. The summed E-state index contributed by atoms with van der Waals surface area (Å²) in [7, 11) is 1.78. The van der Waals surface area contributed by atoms with Gasteiger partial charge in [-0.3, -0.25) is 9.97 Å². The quantitative estimate of drug-likeness (QED) is 0.848. The highest BCUT2D eigenvalue weighted by Crippen LogP contribution is 2.36. The van der Waals surface area contributed by atoms with Crippen LogP contribution in [0.1, 0.15) is 37.9 Å². The van der Waals surface area contributed by atoms with Crippen LogP contribution in [0.5, 0.6) is 0 Å². The maximum atomic E-state index is 5.88. The van der Waals surface area contributed by atoms with E-state index in [9.17, 15) is 0 Å². The lowest BCUT2D eigenvalue weighted by atomic mass is 9.84. The van der Waals surface area contributed by atoms with Crippen molar-refractivity contribution in [2.24, 2.45) is 0 Å². The normalized spacial score (nSPS) is 20.1. The SMILES string of the molecule is CCCNC(c1cnccn1)C1(OC)CCOCC1. The average Bonchev–Trinajstić information content (AvgIpc) is 2.49. The number of ether oxygens (including phenoxy) is 2. The molecule has 1 aromatic heterocycles. The highest BCUT2D eigenvalue weighted by Gasteiger charge is 2.42. The van der Waals surface area contributed by atoms with E-state index in [2.05, 4.69) is 22.2 Å². The number of methoxy groups -OCH3 is 1. The Hall–Kier alpha value is -1.04. The minimum absolute atomic E-state index is 0.0649. The molecule has 0 aliphatic carbocycles. The van der Waals surface area contributed by atoms with Gasteiger partial charge in [0.25, 0.3) is 0 Å². The third-order valence-electron chi connectivity index (χ3n) is 3.75. The van der Waals surface area contributed by atoms with E-state index in [0.717, 1.165) is 44.7 Å². The molecule has 0 radical (unpaired) electrons. The fourth-order valence-electron chi connectivity index (χ4n) is 2.64. The summed E-state index contributed by atoms with van der Waals surface area (Å²) in [5, 5.41) is 3.56. The molecule has 19 heavy (non-hydrogen) atoms. The molecular weight excluding hydrogens is 242 g/mol. The van der Waals surface area contributed by atoms with Crippen LogP contribution in [0.25, 0.3) is 0 Å². The average molecular weight is 265 g/mol. The van der Waals surface area contributed by atoms with Crippen molar-refractivity contribution in [3.8, 4) is 0 Å². The summed E-state index contributed by atoms with van der Waals surface area (Å²) in [6.07, 6.45) is 8.09. The number of nitrogens with zero attached hydrogens (tertiary/aromatic N) is 2. The predicted octanol–water partition coefficient (Wildman–Crippen LogP) is 1.71. The van der Waals surface area contributed by atoms with Crippen molar-refractivity contribution >= 4 is 0 Å². The summed E-state index contributed by atoms with van der Waals surface area (Å²) < 4.78 is 11.4. The predicted molar refractivity (Wildman–Crippen MR) is 72.9 cm³/mol. The van der Waals surface area contributed by atoms with E-state index in [-0.39, 0.29) is 11.6 Å². The van der Waals surface area contributed by atoms with Crippen molar-refractivity contribution in [1.29, 1.82) is 0 Å². The van der Waals surface area contributed by atoms with Crippen molar-refractivity contribution in [1.82, 2.24) is 15.3 Å². The minimum atomic E-state index is -0.247. The lowest BCUT2D eigenvalue weighted by molar-refractivity contribution is -0.112. The van der Waals surface area contributed by atoms with Gasteiger partial charge in [-0.1, -0.05) is 6.92 Å². The second-order valence-electron chi connectivity index (χ2n) is 4.90. The molecule has 1 unspecified atom stereocenters. The molecule has 0 amide bonds. The summed E-state index contributed by atoms with van der Waals surface area (Å²) in [5.41, 5.74) is 0.698. The Bertz CT molecular complexity index is 366. The van der Waals surface area contributed by atoms with Gasteiger partial charge >= 0.3 is 0 Å². The number of rotatable bonds is 6. The van der Waals surface area contributed by atoms with E-state index >= 15 is 0 Å². The highest BCUT2D eigenvalue weighted by atomic mass is 16.5. The van der Waals surface area contributed by atoms with Gasteiger partial charge < -0.3 is 14.8 Å². The van der Waals surface area contributed by atoms with Crippen LogP contribution in [0.3, 0.4) is 0 Å². The molecule has 2 heterocycles. The van der Waals surface area contributed by atoms with Crippen LogP contribution in [0, 0.1) is 0 Å². The van der Waals surface area contributed by atoms with Gasteiger partial charge in [-0.25, -0.2) is 0 Å². The van der Waals surface area contributed by atoms with Crippen LogP contribution in [-0.2, 0) is 9.47 Å². The Balaban J connectivity index is 2.24. The van der Waals surface area contributed by atoms with Gasteiger partial charge in [-0.2, -0.15) is 0 Å². The van der Waals surface area contributed by atoms with Gasteiger partial charge in [-0.15, -0.1) is 0 Å². The molecule has 1 saturated heterocycles. The molecule has 0 bridgehead atoms. The van der Waals surface area contributed by atoms with Crippen LogP contribution in [0.15, 0.2) is 18.6 Å². The Morgan fingerprint density at radius 1 is 1.42 bits per heavy atom. The molecule has 1 fully saturated rings. The van der Waals surface area contributed by atoms with E-state index in [1.165, 1.54) is 0 Å². The van der Waals surface area contributed by atoms with Gasteiger partial charge in [0.2, 0.25) is 0 Å². The Labute approximate surface area is 114 Å². The number of hydrogen-bond donors (Lipinski definition) is 1. The maximum absolute atomic E-state index is 5.88. The molecule has 5 heteroatoms. The molecule has 0 saturated carbocycles. The van der Waals surface area contributed by atoms with Gasteiger partial charge in [0.1, 0.15) is 0 Å². The van der Waals surface area contributed by atoms with Crippen LogP contribution in [0.4, 0.5) is 0 Å². The fourth-order valence-corrected chi connectivity index (χ4v) is 2.64. The molecule has 1 aliphatic rings. The van der Waals surface area contributed by atoms with E-state index < -0.39 is 0 Å². The molecule has 1 atom stereocenters. The topological polar surface area (TPSA) is 56.3 Å². The van der Waals surface area contributed by atoms with Crippen LogP contribution < -0.4 is 5.32 Å². The summed E-state index contributed by atoms with van der Waals surface area (Å²) in [6.45, 7) is 4.56. The minimum Gasteiger partial charge on any atom is -0.381 e. The zero-order chi connectivity index (χ0) is 13.6. The number of hydrogen-bond acceptors (Lipinski definition) is 5. The zero-order valence-electron chi connectivity index (χ0n) is 11.8. The molecule has 0 spiro atoms. The molecule has 1 aliphatic heterocycles. The molecule has 5 nitrogen and oxygen atoms in total. The third kappa shape index (κ3) is 3.29. The number of nitrogens with one attached hydrogen (secondary N) is 1. The van der Waals surface area contributed by atoms with Gasteiger partial charge in [0.15, 0.2) is 0 Å². The van der Waals surface area contributed by atoms with E-state index in [4.69, 9.17) is 9.47 Å². The molecular formula is C14H23N3O2. The molecule has 1 aromatic rings. The first-order valence-corrected chi connectivity index (χ1v) is 6.94. The van der Waals surface area contributed by atoms with Crippen molar-refractivity contribution in [3.05, 3.63) is 24.3 Å². The van der Waals surface area contributed by atoms with E-state index in [0.29, 0.717) is 0 Å². The van der Waals surface area contributed by atoms with Crippen molar-refractivity contribution < 1.29 is 9.47 Å². The largest absolute Gasteiger partial charge is 0.381 e. The summed E-state index contributed by atoms with van der Waals surface area (Å²) >= 11 is 0. The van der Waals surface area contributed by atoms with Crippen molar-refractivity contribution in [3.63, 3.8) is 0 Å². The first kappa shape index (κ1) is 14.4. The van der Waals surface area contributed by atoms with Crippen LogP contribution >= 0.6 is 0 Å². The Kier molecular flexibility index (Phi) is 5.24. The van der Waals surface area contributed by atoms with Gasteiger partial charge in [0, 0.05) is 45.6 Å². The third-order valence-corrected chi connectivity index (χ3v) is 3.75. The zero-order valence-corrected chi connectivity index (χ0v) is 11.8.